The molecule has 0 amide bonds. The van der Waals surface area contributed by atoms with Crippen molar-refractivity contribution in [3.63, 3.8) is 0 Å². The van der Waals surface area contributed by atoms with Crippen molar-refractivity contribution in [2.24, 2.45) is 5.73 Å². The predicted octanol–water partition coefficient (Wildman–Crippen LogP) is 2.20. The maximum Gasteiger partial charge on any atom is 0.162 e. The van der Waals surface area contributed by atoms with Crippen LogP contribution in [0.25, 0.3) is 0 Å². The molecule has 1 nitrogen and oxygen atoms in total. The number of rotatable bonds is 1. The predicted molar refractivity (Wildman–Crippen MR) is 48.9 cm³/mol. The average Bonchev–Trinajstić information content (AvgIpc) is 2.73. The molecule has 1 aliphatic rings. The molecule has 1 saturated carbocycles. The van der Waals surface area contributed by atoms with E-state index in [-0.39, 0.29) is 24.4 Å². The summed E-state index contributed by atoms with van der Waals surface area (Å²) in [6.45, 7) is 0. The summed E-state index contributed by atoms with van der Waals surface area (Å²) in [7, 11) is 0. The van der Waals surface area contributed by atoms with E-state index in [4.69, 9.17) is 5.73 Å². The lowest BCUT2D eigenvalue weighted by atomic mass is 10.1. The number of halogens is 3. The maximum atomic E-state index is 13.0. The lowest BCUT2D eigenvalue weighted by Crippen LogP contribution is -2.03. The Morgan fingerprint density at radius 1 is 1.31 bits per heavy atom. The number of hydrogen-bond acceptors (Lipinski definition) is 1. The highest BCUT2D eigenvalue weighted by molar-refractivity contribution is 5.85. The molecule has 0 unspecified atom stereocenters. The minimum absolute atomic E-state index is 0. The van der Waals surface area contributed by atoms with Gasteiger partial charge in [0, 0.05) is 12.0 Å². The molecule has 0 bridgehead atoms. The van der Waals surface area contributed by atoms with Crippen molar-refractivity contribution in [2.75, 3.05) is 0 Å². The third-order valence-corrected chi connectivity index (χ3v) is 2.22. The second kappa shape index (κ2) is 3.60. The molecule has 1 aromatic carbocycles. The Kier molecular flexibility index (Phi) is 2.88. The van der Waals surface area contributed by atoms with Crippen LogP contribution >= 0.6 is 12.4 Å². The van der Waals surface area contributed by atoms with Crippen LogP contribution in [0.1, 0.15) is 17.9 Å². The van der Waals surface area contributed by atoms with E-state index in [1.807, 2.05) is 0 Å². The molecule has 1 fully saturated rings. The summed E-state index contributed by atoms with van der Waals surface area (Å²) < 4.78 is 25.7. The Morgan fingerprint density at radius 3 is 2.46 bits per heavy atom. The van der Waals surface area contributed by atoms with Crippen LogP contribution in [0.2, 0.25) is 0 Å². The van der Waals surface area contributed by atoms with Crippen molar-refractivity contribution in [1.82, 2.24) is 0 Å². The fourth-order valence-electron chi connectivity index (χ4n) is 1.38. The standard InChI is InChI=1S/C9H9F2N.ClH/c10-7-3-1-2-5(9(7)11)6-4-8(6)12;/h1-3,6,8H,4,12H2;1H/t6-,8+;/m0./s1. The van der Waals surface area contributed by atoms with Crippen molar-refractivity contribution in [2.45, 2.75) is 18.4 Å². The van der Waals surface area contributed by atoms with Gasteiger partial charge in [0.2, 0.25) is 0 Å². The first-order valence-corrected chi connectivity index (χ1v) is 3.89. The van der Waals surface area contributed by atoms with Crippen molar-refractivity contribution in [3.05, 3.63) is 35.4 Å². The van der Waals surface area contributed by atoms with Crippen LogP contribution in [0.5, 0.6) is 0 Å². The van der Waals surface area contributed by atoms with Gasteiger partial charge in [0.1, 0.15) is 0 Å². The highest BCUT2D eigenvalue weighted by Gasteiger charge is 2.37. The largest absolute Gasteiger partial charge is 0.327 e. The van der Waals surface area contributed by atoms with Gasteiger partial charge in [0.05, 0.1) is 0 Å². The number of benzene rings is 1. The van der Waals surface area contributed by atoms with Crippen LogP contribution in [-0.2, 0) is 0 Å². The van der Waals surface area contributed by atoms with Crippen LogP contribution < -0.4 is 5.73 Å². The first-order valence-electron chi connectivity index (χ1n) is 3.89. The van der Waals surface area contributed by atoms with Crippen molar-refractivity contribution in [3.8, 4) is 0 Å². The molecule has 0 aromatic heterocycles. The first-order chi connectivity index (χ1) is 5.70. The van der Waals surface area contributed by atoms with E-state index in [1.165, 1.54) is 6.07 Å². The smallest absolute Gasteiger partial charge is 0.162 e. The van der Waals surface area contributed by atoms with E-state index in [1.54, 1.807) is 6.07 Å². The van der Waals surface area contributed by atoms with Crippen LogP contribution in [0.15, 0.2) is 18.2 Å². The molecular weight excluding hydrogens is 196 g/mol. The Labute approximate surface area is 81.3 Å². The third kappa shape index (κ3) is 1.81. The van der Waals surface area contributed by atoms with Crippen molar-refractivity contribution >= 4 is 12.4 Å². The van der Waals surface area contributed by atoms with Gasteiger partial charge < -0.3 is 5.73 Å². The Morgan fingerprint density at radius 2 is 1.92 bits per heavy atom. The van der Waals surface area contributed by atoms with Crippen molar-refractivity contribution in [1.29, 1.82) is 0 Å². The zero-order valence-electron chi connectivity index (χ0n) is 6.84. The monoisotopic (exact) mass is 205 g/mol. The molecule has 0 aliphatic heterocycles. The summed E-state index contributed by atoms with van der Waals surface area (Å²) in [4.78, 5) is 0. The van der Waals surface area contributed by atoms with Gasteiger partial charge in [-0.3, -0.25) is 0 Å². The molecule has 0 spiro atoms. The zero-order chi connectivity index (χ0) is 8.72. The van der Waals surface area contributed by atoms with Crippen LogP contribution in [0.4, 0.5) is 8.78 Å². The second-order valence-electron chi connectivity index (χ2n) is 3.15. The van der Waals surface area contributed by atoms with Crippen LogP contribution in [0, 0.1) is 11.6 Å². The number of nitrogens with two attached hydrogens (primary N) is 1. The fourth-order valence-corrected chi connectivity index (χ4v) is 1.38. The highest BCUT2D eigenvalue weighted by atomic mass is 35.5. The second-order valence-corrected chi connectivity index (χ2v) is 3.15. The van der Waals surface area contributed by atoms with E-state index in [2.05, 4.69) is 0 Å². The quantitative estimate of drug-likeness (QED) is 0.748. The summed E-state index contributed by atoms with van der Waals surface area (Å²) in [5.41, 5.74) is 5.95. The molecule has 4 heteroatoms. The molecule has 2 N–H and O–H groups in total. The van der Waals surface area contributed by atoms with Gasteiger partial charge in [-0.25, -0.2) is 8.78 Å². The van der Waals surface area contributed by atoms with Gasteiger partial charge in [-0.2, -0.15) is 0 Å². The molecule has 0 radical (unpaired) electrons. The molecule has 72 valence electrons. The van der Waals surface area contributed by atoms with E-state index in [0.717, 1.165) is 12.5 Å². The molecular formula is C9H10ClF2N. The zero-order valence-corrected chi connectivity index (χ0v) is 7.65. The van der Waals surface area contributed by atoms with Gasteiger partial charge in [-0.1, -0.05) is 12.1 Å². The van der Waals surface area contributed by atoms with Gasteiger partial charge in [0.15, 0.2) is 11.6 Å². The Balaban J connectivity index is 0.000000845. The van der Waals surface area contributed by atoms with Crippen LogP contribution in [-0.4, -0.2) is 6.04 Å². The lowest BCUT2D eigenvalue weighted by molar-refractivity contribution is 0.498. The molecule has 2 rings (SSSR count). The third-order valence-electron chi connectivity index (χ3n) is 2.22. The van der Waals surface area contributed by atoms with E-state index < -0.39 is 11.6 Å². The molecule has 2 atom stereocenters. The minimum Gasteiger partial charge on any atom is -0.327 e. The van der Waals surface area contributed by atoms with Gasteiger partial charge >= 0.3 is 0 Å². The topological polar surface area (TPSA) is 26.0 Å². The molecule has 1 aromatic rings. The van der Waals surface area contributed by atoms with E-state index >= 15 is 0 Å². The summed E-state index contributed by atoms with van der Waals surface area (Å²) in [5.74, 6) is -1.50. The molecule has 0 heterocycles. The fraction of sp³-hybridized carbons (Fsp3) is 0.333. The summed E-state index contributed by atoms with van der Waals surface area (Å²) in [6.07, 6.45) is 0.764. The summed E-state index contributed by atoms with van der Waals surface area (Å²) in [6, 6.07) is 4.24. The maximum absolute atomic E-state index is 13.0. The summed E-state index contributed by atoms with van der Waals surface area (Å²) >= 11 is 0. The Hall–Kier alpha value is -0.670. The SMILES string of the molecule is Cl.N[C@@H]1C[C@H]1c1cccc(F)c1F. The average molecular weight is 206 g/mol. The molecule has 0 saturated heterocycles. The minimum atomic E-state index is -0.786. The highest BCUT2D eigenvalue weighted by Crippen LogP contribution is 2.40. The normalized spacial score (nSPS) is 25.2. The molecule has 13 heavy (non-hydrogen) atoms. The number of hydrogen-bond donors (Lipinski definition) is 1. The van der Waals surface area contributed by atoms with Crippen molar-refractivity contribution < 1.29 is 8.78 Å². The first kappa shape index (κ1) is 10.4. The van der Waals surface area contributed by atoms with Gasteiger partial charge in [0.25, 0.3) is 0 Å². The Bertz CT molecular complexity index is 316. The van der Waals surface area contributed by atoms with Gasteiger partial charge in [-0.15, -0.1) is 12.4 Å². The van der Waals surface area contributed by atoms with Gasteiger partial charge in [-0.05, 0) is 18.1 Å². The van der Waals surface area contributed by atoms with E-state index in [0.29, 0.717) is 5.56 Å². The summed E-state index contributed by atoms with van der Waals surface area (Å²) in [5, 5.41) is 0. The lowest BCUT2D eigenvalue weighted by Gasteiger charge is -2.00. The van der Waals surface area contributed by atoms with E-state index in [9.17, 15) is 8.78 Å². The van der Waals surface area contributed by atoms with Crippen LogP contribution in [0.3, 0.4) is 0 Å². The molecule has 1 aliphatic carbocycles.